The Balaban J connectivity index is 1.57. The fourth-order valence-corrected chi connectivity index (χ4v) is 4.53. The Hall–Kier alpha value is -2.56. The van der Waals surface area contributed by atoms with Crippen LogP contribution < -0.4 is 16.4 Å². The smallest absolute Gasteiger partial charge is 0.395 e. The van der Waals surface area contributed by atoms with Gasteiger partial charge in [-0.2, -0.15) is 13.2 Å². The van der Waals surface area contributed by atoms with E-state index in [2.05, 4.69) is 15.6 Å². The van der Waals surface area contributed by atoms with Crippen LogP contribution in [-0.4, -0.2) is 41.4 Å². The number of nitrogens with two attached hydrogens (primary N) is 1. The minimum absolute atomic E-state index is 0.159. The number of aliphatic hydroxyl groups is 1. The standard InChI is InChI=1S/C24H28F4N4O2/c25-18-4-3-17(23(29,8-5-15-1-2-15)16-6-9-30-10-7-16)11-19(18)32-21(34)20-12-22(14-33,13-31-20)24(26,27)28/h3-4,6-7,9-11,15,20,31,33H,1-2,5,8,12-14,29H2,(H,32,34)/t20-,22+,23?/m1/s1. The Kier molecular flexibility index (Phi) is 6.67. The molecule has 1 saturated carbocycles. The van der Waals surface area contributed by atoms with Gasteiger partial charge in [0.25, 0.3) is 0 Å². The zero-order chi connectivity index (χ0) is 24.6. The van der Waals surface area contributed by atoms with Crippen LogP contribution in [0.5, 0.6) is 0 Å². The summed E-state index contributed by atoms with van der Waals surface area (Å²) in [4.78, 5) is 16.8. The number of hydrogen-bond acceptors (Lipinski definition) is 5. The number of benzene rings is 1. The molecule has 0 bridgehead atoms. The van der Waals surface area contributed by atoms with Crippen LogP contribution in [0, 0.1) is 17.2 Å². The summed E-state index contributed by atoms with van der Waals surface area (Å²) >= 11 is 0. The molecule has 34 heavy (non-hydrogen) atoms. The molecule has 1 aromatic heterocycles. The number of carbonyl (C=O) groups excluding carboxylic acids is 1. The van der Waals surface area contributed by atoms with Gasteiger partial charge in [-0.05, 0) is 60.6 Å². The fraction of sp³-hybridized carbons (Fsp3) is 0.500. The minimum Gasteiger partial charge on any atom is -0.395 e. The number of amides is 1. The van der Waals surface area contributed by atoms with Crippen molar-refractivity contribution in [1.82, 2.24) is 10.3 Å². The topological polar surface area (TPSA) is 100 Å². The van der Waals surface area contributed by atoms with Gasteiger partial charge < -0.3 is 21.5 Å². The van der Waals surface area contributed by atoms with Gasteiger partial charge in [0.2, 0.25) is 5.91 Å². The van der Waals surface area contributed by atoms with Crippen molar-refractivity contribution < 1.29 is 27.5 Å². The molecule has 2 fully saturated rings. The molecule has 1 aromatic carbocycles. The first kappa shape index (κ1) is 24.6. The van der Waals surface area contributed by atoms with Crippen LogP contribution in [0.4, 0.5) is 23.2 Å². The maximum Gasteiger partial charge on any atom is 0.397 e. The summed E-state index contributed by atoms with van der Waals surface area (Å²) in [5.74, 6) is -0.919. The number of hydrogen-bond donors (Lipinski definition) is 4. The van der Waals surface area contributed by atoms with Gasteiger partial charge in [0, 0.05) is 18.9 Å². The molecule has 1 saturated heterocycles. The van der Waals surface area contributed by atoms with Gasteiger partial charge in [0.1, 0.15) is 11.2 Å². The first-order chi connectivity index (χ1) is 16.1. The number of aromatic nitrogens is 1. The quantitative estimate of drug-likeness (QED) is 0.434. The van der Waals surface area contributed by atoms with E-state index in [0.29, 0.717) is 17.9 Å². The highest BCUT2D eigenvalue weighted by Gasteiger charge is 2.59. The summed E-state index contributed by atoms with van der Waals surface area (Å²) in [6, 6.07) is 6.56. The van der Waals surface area contributed by atoms with Crippen molar-refractivity contribution in [2.45, 2.75) is 49.9 Å². The maximum absolute atomic E-state index is 14.6. The summed E-state index contributed by atoms with van der Waals surface area (Å²) < 4.78 is 54.9. The lowest BCUT2D eigenvalue weighted by Crippen LogP contribution is -2.43. The Morgan fingerprint density at radius 1 is 1.21 bits per heavy atom. The number of aliphatic hydroxyl groups excluding tert-OH is 1. The second-order valence-corrected chi connectivity index (χ2v) is 9.45. The molecule has 1 amide bonds. The molecule has 1 aliphatic carbocycles. The molecule has 5 N–H and O–H groups in total. The summed E-state index contributed by atoms with van der Waals surface area (Å²) in [7, 11) is 0. The predicted molar refractivity (Wildman–Crippen MR) is 118 cm³/mol. The van der Waals surface area contributed by atoms with Gasteiger partial charge in [-0.15, -0.1) is 0 Å². The maximum atomic E-state index is 14.6. The number of halogens is 4. The molecule has 10 heteroatoms. The van der Waals surface area contributed by atoms with Gasteiger partial charge in [-0.25, -0.2) is 4.39 Å². The van der Waals surface area contributed by atoms with Crippen LogP contribution in [0.3, 0.4) is 0 Å². The molecule has 2 aliphatic rings. The Morgan fingerprint density at radius 3 is 2.50 bits per heavy atom. The van der Waals surface area contributed by atoms with Crippen molar-refractivity contribution in [3.63, 3.8) is 0 Å². The average molecular weight is 481 g/mol. The number of pyridine rings is 1. The van der Waals surface area contributed by atoms with Gasteiger partial charge in [-0.1, -0.05) is 18.9 Å². The van der Waals surface area contributed by atoms with Crippen molar-refractivity contribution >= 4 is 11.6 Å². The van der Waals surface area contributed by atoms with Gasteiger partial charge in [-0.3, -0.25) is 9.78 Å². The number of nitrogens with zero attached hydrogens (tertiary/aromatic N) is 1. The van der Waals surface area contributed by atoms with E-state index in [1.165, 1.54) is 12.1 Å². The molecule has 1 aliphatic heterocycles. The van der Waals surface area contributed by atoms with Crippen molar-refractivity contribution in [2.75, 3.05) is 18.5 Å². The Labute approximate surface area is 194 Å². The molecule has 3 atom stereocenters. The van der Waals surface area contributed by atoms with E-state index in [-0.39, 0.29) is 5.69 Å². The number of anilines is 1. The SMILES string of the molecule is NC(CCC1CC1)(c1ccncc1)c1ccc(F)c(NC(=O)[C@H]2C[C@](CO)(C(F)(F)F)CN2)c1. The molecule has 1 unspecified atom stereocenters. The van der Waals surface area contributed by atoms with E-state index in [1.807, 2.05) is 0 Å². The summed E-state index contributed by atoms with van der Waals surface area (Å²) in [5, 5.41) is 14.3. The van der Waals surface area contributed by atoms with Crippen LogP contribution in [0.15, 0.2) is 42.7 Å². The molecule has 0 radical (unpaired) electrons. The van der Waals surface area contributed by atoms with Crippen LogP contribution in [-0.2, 0) is 10.3 Å². The average Bonchev–Trinajstić information content (AvgIpc) is 3.53. The first-order valence-corrected chi connectivity index (χ1v) is 11.3. The monoisotopic (exact) mass is 480 g/mol. The van der Waals surface area contributed by atoms with Gasteiger partial charge in [0.05, 0.1) is 23.9 Å². The summed E-state index contributed by atoms with van der Waals surface area (Å²) in [6.45, 7) is -1.73. The molecular weight excluding hydrogens is 452 g/mol. The highest BCUT2D eigenvalue weighted by Crippen LogP contribution is 2.44. The molecular formula is C24H28F4N4O2. The van der Waals surface area contributed by atoms with Crippen molar-refractivity contribution in [3.05, 3.63) is 59.7 Å². The Bertz CT molecular complexity index is 1030. The van der Waals surface area contributed by atoms with E-state index >= 15 is 0 Å². The molecule has 4 rings (SSSR count). The molecule has 184 valence electrons. The van der Waals surface area contributed by atoms with E-state index in [9.17, 15) is 27.5 Å². The molecule has 2 aromatic rings. The van der Waals surface area contributed by atoms with Crippen LogP contribution >= 0.6 is 0 Å². The highest BCUT2D eigenvalue weighted by molar-refractivity contribution is 5.95. The lowest BCUT2D eigenvalue weighted by atomic mass is 9.79. The summed E-state index contributed by atoms with van der Waals surface area (Å²) in [6.07, 6.45) is 1.73. The number of nitrogens with one attached hydrogen (secondary N) is 2. The highest BCUT2D eigenvalue weighted by atomic mass is 19.4. The lowest BCUT2D eigenvalue weighted by Gasteiger charge is -2.31. The number of alkyl halides is 3. The van der Waals surface area contributed by atoms with Gasteiger partial charge >= 0.3 is 6.18 Å². The number of rotatable bonds is 8. The molecule has 0 spiro atoms. The van der Waals surface area contributed by atoms with E-state index < -0.39 is 54.5 Å². The van der Waals surface area contributed by atoms with Crippen molar-refractivity contribution in [3.8, 4) is 0 Å². The third kappa shape index (κ3) is 4.80. The molecule has 2 heterocycles. The van der Waals surface area contributed by atoms with E-state index in [0.717, 1.165) is 24.8 Å². The van der Waals surface area contributed by atoms with E-state index in [1.54, 1.807) is 30.6 Å². The second-order valence-electron chi connectivity index (χ2n) is 9.45. The lowest BCUT2D eigenvalue weighted by molar-refractivity contribution is -0.228. The van der Waals surface area contributed by atoms with E-state index in [4.69, 9.17) is 5.73 Å². The van der Waals surface area contributed by atoms with Crippen LogP contribution in [0.1, 0.15) is 43.2 Å². The normalized spacial score (nSPS) is 24.6. The third-order valence-corrected chi connectivity index (χ3v) is 7.08. The third-order valence-electron chi connectivity index (χ3n) is 7.08. The van der Waals surface area contributed by atoms with Crippen molar-refractivity contribution in [1.29, 1.82) is 0 Å². The minimum atomic E-state index is -4.68. The predicted octanol–water partition coefficient (Wildman–Crippen LogP) is 3.45. The fourth-order valence-electron chi connectivity index (χ4n) is 4.53. The van der Waals surface area contributed by atoms with Gasteiger partial charge in [0.15, 0.2) is 0 Å². The number of carbonyl (C=O) groups is 1. The van der Waals surface area contributed by atoms with Crippen LogP contribution in [0.2, 0.25) is 0 Å². The second kappa shape index (κ2) is 9.24. The Morgan fingerprint density at radius 2 is 1.91 bits per heavy atom. The first-order valence-electron chi connectivity index (χ1n) is 11.3. The largest absolute Gasteiger partial charge is 0.397 e. The molecule has 6 nitrogen and oxygen atoms in total. The van der Waals surface area contributed by atoms with Crippen LogP contribution in [0.25, 0.3) is 0 Å². The van der Waals surface area contributed by atoms with Crippen molar-refractivity contribution in [2.24, 2.45) is 17.1 Å². The summed E-state index contributed by atoms with van der Waals surface area (Å²) in [5.41, 5.74) is 4.71. The zero-order valence-corrected chi connectivity index (χ0v) is 18.5. The zero-order valence-electron chi connectivity index (χ0n) is 18.5.